The fourth-order valence-corrected chi connectivity index (χ4v) is 2.81. The number of nitrogens with zero attached hydrogens (tertiary/aromatic N) is 3. The van der Waals surface area contributed by atoms with E-state index >= 15 is 0 Å². The topological polar surface area (TPSA) is 19.4 Å². The van der Waals surface area contributed by atoms with E-state index in [1.54, 1.807) is 0 Å². The van der Waals surface area contributed by atoms with E-state index in [2.05, 4.69) is 47.7 Å². The second-order valence-electron chi connectivity index (χ2n) is 6.91. The van der Waals surface area contributed by atoms with Crippen molar-refractivity contribution in [3.63, 3.8) is 0 Å². The van der Waals surface area contributed by atoms with Crippen LogP contribution in [0.5, 0.6) is 0 Å². The largest absolute Gasteiger partial charge is 0.354 e. The van der Waals surface area contributed by atoms with Crippen molar-refractivity contribution in [1.82, 2.24) is 9.88 Å². The van der Waals surface area contributed by atoms with Gasteiger partial charge in [-0.2, -0.15) is 0 Å². The second-order valence-corrected chi connectivity index (χ2v) is 6.91. The van der Waals surface area contributed by atoms with Crippen molar-refractivity contribution in [2.75, 3.05) is 31.1 Å². The van der Waals surface area contributed by atoms with Crippen LogP contribution in [0.4, 0.5) is 5.82 Å². The first kappa shape index (κ1) is 12.9. The molecule has 104 valence electrons. The zero-order valence-corrected chi connectivity index (χ0v) is 12.4. The summed E-state index contributed by atoms with van der Waals surface area (Å²) in [7, 11) is 0. The summed E-state index contributed by atoms with van der Waals surface area (Å²) in [5.41, 5.74) is 1.58. The molecule has 2 heterocycles. The van der Waals surface area contributed by atoms with E-state index in [4.69, 9.17) is 0 Å². The maximum absolute atomic E-state index is 4.57. The molecule has 1 saturated carbocycles. The number of hydrogen-bond donors (Lipinski definition) is 0. The van der Waals surface area contributed by atoms with Crippen LogP contribution in [0.2, 0.25) is 0 Å². The lowest BCUT2D eigenvalue weighted by atomic mass is 9.88. The minimum atomic E-state index is 0.202. The highest BCUT2D eigenvalue weighted by Crippen LogP contribution is 2.29. The van der Waals surface area contributed by atoms with Crippen LogP contribution in [0.3, 0.4) is 0 Å². The first-order valence-corrected chi connectivity index (χ1v) is 7.49. The highest BCUT2D eigenvalue weighted by Gasteiger charge is 2.31. The fourth-order valence-electron chi connectivity index (χ4n) is 2.81. The van der Waals surface area contributed by atoms with Crippen LogP contribution in [0.25, 0.3) is 0 Å². The zero-order chi connectivity index (χ0) is 13.5. The van der Waals surface area contributed by atoms with Gasteiger partial charge in [0.05, 0.1) is 0 Å². The summed E-state index contributed by atoms with van der Waals surface area (Å²) in [6, 6.07) is 5.31. The van der Waals surface area contributed by atoms with Gasteiger partial charge in [-0.25, -0.2) is 4.98 Å². The molecule has 0 unspecified atom stereocenters. The summed E-state index contributed by atoms with van der Waals surface area (Å²) in [5, 5.41) is 0. The van der Waals surface area contributed by atoms with Gasteiger partial charge in [0.15, 0.2) is 0 Å². The molecule has 2 fully saturated rings. The SMILES string of the molecule is CC(C)(C)c1ccnc(N2CCN(C3CC3)CC2)c1. The Bertz CT molecular complexity index is 438. The van der Waals surface area contributed by atoms with Crippen molar-refractivity contribution in [2.45, 2.75) is 45.1 Å². The molecule has 1 aromatic rings. The van der Waals surface area contributed by atoms with Crippen LogP contribution in [-0.4, -0.2) is 42.1 Å². The predicted octanol–water partition coefficient (Wildman–Crippen LogP) is 2.66. The molecule has 3 heteroatoms. The van der Waals surface area contributed by atoms with Gasteiger partial charge in [-0.1, -0.05) is 20.8 Å². The Kier molecular flexibility index (Phi) is 3.25. The standard InChI is InChI=1S/C16H25N3/c1-16(2,3)13-6-7-17-15(12-13)19-10-8-18(9-11-19)14-4-5-14/h6-7,12,14H,4-5,8-11H2,1-3H3. The van der Waals surface area contributed by atoms with E-state index in [9.17, 15) is 0 Å². The Morgan fingerprint density at radius 3 is 2.37 bits per heavy atom. The fraction of sp³-hybridized carbons (Fsp3) is 0.688. The molecule has 0 radical (unpaired) electrons. The first-order valence-electron chi connectivity index (χ1n) is 7.49. The Balaban J connectivity index is 1.69. The van der Waals surface area contributed by atoms with Crippen molar-refractivity contribution in [3.8, 4) is 0 Å². The molecular weight excluding hydrogens is 234 g/mol. The quantitative estimate of drug-likeness (QED) is 0.814. The van der Waals surface area contributed by atoms with Gasteiger partial charge in [0.25, 0.3) is 0 Å². The Morgan fingerprint density at radius 1 is 1.11 bits per heavy atom. The Labute approximate surface area is 116 Å². The summed E-state index contributed by atoms with van der Waals surface area (Å²) < 4.78 is 0. The van der Waals surface area contributed by atoms with Crippen molar-refractivity contribution in [3.05, 3.63) is 23.9 Å². The molecule has 2 aliphatic rings. The van der Waals surface area contributed by atoms with Gasteiger partial charge in [0.1, 0.15) is 5.82 Å². The monoisotopic (exact) mass is 259 g/mol. The van der Waals surface area contributed by atoms with Crippen LogP contribution in [-0.2, 0) is 5.41 Å². The lowest BCUT2D eigenvalue weighted by Crippen LogP contribution is -2.47. The molecule has 3 nitrogen and oxygen atoms in total. The van der Waals surface area contributed by atoms with E-state index in [0.717, 1.165) is 24.9 Å². The molecular formula is C16H25N3. The van der Waals surface area contributed by atoms with Gasteiger partial charge in [-0.3, -0.25) is 4.90 Å². The molecule has 19 heavy (non-hydrogen) atoms. The van der Waals surface area contributed by atoms with Crippen LogP contribution in [0.15, 0.2) is 18.3 Å². The molecule has 0 N–H and O–H groups in total. The minimum Gasteiger partial charge on any atom is -0.354 e. The zero-order valence-electron chi connectivity index (χ0n) is 12.4. The number of anilines is 1. The summed E-state index contributed by atoms with van der Waals surface area (Å²) in [6.07, 6.45) is 4.79. The van der Waals surface area contributed by atoms with Crippen molar-refractivity contribution >= 4 is 5.82 Å². The summed E-state index contributed by atoms with van der Waals surface area (Å²) in [5.74, 6) is 1.16. The maximum atomic E-state index is 4.57. The van der Waals surface area contributed by atoms with E-state index in [0.29, 0.717) is 0 Å². The smallest absolute Gasteiger partial charge is 0.128 e. The first-order chi connectivity index (χ1) is 9.04. The number of piperazine rings is 1. The van der Waals surface area contributed by atoms with Crippen LogP contribution >= 0.6 is 0 Å². The third-order valence-corrected chi connectivity index (χ3v) is 4.31. The predicted molar refractivity (Wildman–Crippen MR) is 79.7 cm³/mol. The number of hydrogen-bond acceptors (Lipinski definition) is 3. The van der Waals surface area contributed by atoms with E-state index in [-0.39, 0.29) is 5.41 Å². The molecule has 0 atom stereocenters. The molecule has 1 aliphatic heterocycles. The van der Waals surface area contributed by atoms with E-state index < -0.39 is 0 Å². The number of aromatic nitrogens is 1. The number of pyridine rings is 1. The molecule has 0 spiro atoms. The van der Waals surface area contributed by atoms with E-state index in [1.165, 1.54) is 31.5 Å². The van der Waals surface area contributed by atoms with Gasteiger partial charge < -0.3 is 4.90 Å². The van der Waals surface area contributed by atoms with Gasteiger partial charge in [-0.15, -0.1) is 0 Å². The third kappa shape index (κ3) is 2.92. The lowest BCUT2D eigenvalue weighted by molar-refractivity contribution is 0.247. The van der Waals surface area contributed by atoms with Crippen molar-refractivity contribution < 1.29 is 0 Å². The van der Waals surface area contributed by atoms with Gasteiger partial charge in [0.2, 0.25) is 0 Å². The molecule has 0 amide bonds. The summed E-state index contributed by atoms with van der Waals surface area (Å²) >= 11 is 0. The number of rotatable bonds is 2. The van der Waals surface area contributed by atoms with Gasteiger partial charge >= 0.3 is 0 Å². The Hall–Kier alpha value is -1.09. The summed E-state index contributed by atoms with van der Waals surface area (Å²) in [6.45, 7) is 11.4. The molecule has 1 aliphatic carbocycles. The van der Waals surface area contributed by atoms with Gasteiger partial charge in [0, 0.05) is 38.4 Å². The highest BCUT2D eigenvalue weighted by molar-refractivity contribution is 5.43. The van der Waals surface area contributed by atoms with Crippen LogP contribution in [0.1, 0.15) is 39.2 Å². The lowest BCUT2D eigenvalue weighted by Gasteiger charge is -2.36. The maximum Gasteiger partial charge on any atom is 0.128 e. The second kappa shape index (κ2) is 4.78. The van der Waals surface area contributed by atoms with Crippen molar-refractivity contribution in [1.29, 1.82) is 0 Å². The minimum absolute atomic E-state index is 0.202. The molecule has 1 saturated heterocycles. The normalized spacial score (nSPS) is 21.7. The highest BCUT2D eigenvalue weighted by atomic mass is 15.3. The van der Waals surface area contributed by atoms with Gasteiger partial charge in [-0.05, 0) is 36.0 Å². The molecule has 0 aromatic carbocycles. The Morgan fingerprint density at radius 2 is 1.79 bits per heavy atom. The molecule has 3 rings (SSSR count). The summed E-state index contributed by atoms with van der Waals surface area (Å²) in [4.78, 5) is 9.65. The molecule has 0 bridgehead atoms. The molecule has 1 aromatic heterocycles. The average Bonchev–Trinajstić information content (AvgIpc) is 3.22. The third-order valence-electron chi connectivity index (χ3n) is 4.31. The van der Waals surface area contributed by atoms with E-state index in [1.807, 2.05) is 6.20 Å². The average molecular weight is 259 g/mol. The van der Waals surface area contributed by atoms with Crippen LogP contribution < -0.4 is 4.90 Å². The van der Waals surface area contributed by atoms with Crippen LogP contribution in [0, 0.1) is 0 Å². The van der Waals surface area contributed by atoms with Crippen molar-refractivity contribution in [2.24, 2.45) is 0 Å².